The Morgan fingerprint density at radius 3 is 2.48 bits per heavy atom. The fourth-order valence-corrected chi connectivity index (χ4v) is 3.12. The molecule has 0 spiro atoms. The Hall–Kier alpha value is -2.25. The van der Waals surface area contributed by atoms with Crippen LogP contribution >= 0.6 is 0 Å². The molecule has 0 radical (unpaired) electrons. The van der Waals surface area contributed by atoms with Crippen molar-refractivity contribution in [3.63, 3.8) is 0 Å². The zero-order valence-electron chi connectivity index (χ0n) is 12.8. The summed E-state index contributed by atoms with van der Waals surface area (Å²) in [7, 11) is -0.721. The van der Waals surface area contributed by atoms with E-state index in [4.69, 9.17) is 0 Å². The number of hydrogen-bond acceptors (Lipinski definition) is 3. The molecule has 5 nitrogen and oxygen atoms in total. The van der Waals surface area contributed by atoms with Crippen LogP contribution in [-0.4, -0.2) is 32.7 Å². The number of halogens is 1. The van der Waals surface area contributed by atoms with Crippen LogP contribution in [0.2, 0.25) is 0 Å². The fourth-order valence-electron chi connectivity index (χ4n) is 2.01. The number of benzene rings is 2. The molecule has 0 aliphatic carbocycles. The van der Waals surface area contributed by atoms with Gasteiger partial charge in [-0.05, 0) is 29.8 Å². The Labute approximate surface area is 134 Å². The van der Waals surface area contributed by atoms with Gasteiger partial charge in [-0.15, -0.1) is 0 Å². The van der Waals surface area contributed by atoms with Gasteiger partial charge in [0, 0.05) is 26.2 Å². The van der Waals surface area contributed by atoms with Gasteiger partial charge in [-0.2, -0.15) is 0 Å². The number of amides is 1. The molecule has 122 valence electrons. The summed E-state index contributed by atoms with van der Waals surface area (Å²) >= 11 is 0. The monoisotopic (exact) mass is 336 g/mol. The van der Waals surface area contributed by atoms with Crippen LogP contribution in [0.15, 0.2) is 53.4 Å². The van der Waals surface area contributed by atoms with Crippen molar-refractivity contribution in [3.05, 3.63) is 65.5 Å². The van der Waals surface area contributed by atoms with Crippen LogP contribution in [0, 0.1) is 5.82 Å². The molecule has 0 bridgehead atoms. The second-order valence-corrected chi connectivity index (χ2v) is 7.21. The third kappa shape index (κ3) is 3.94. The average molecular weight is 336 g/mol. The lowest BCUT2D eigenvalue weighted by Gasteiger charge is -2.15. The SMILES string of the molecule is CN(C)S(=O)(=O)c1ccccc1CNC(=O)c1cccc(F)c1. The lowest BCUT2D eigenvalue weighted by molar-refractivity contribution is 0.0950. The van der Waals surface area contributed by atoms with Gasteiger partial charge in [-0.25, -0.2) is 17.1 Å². The van der Waals surface area contributed by atoms with Crippen LogP contribution in [0.1, 0.15) is 15.9 Å². The Morgan fingerprint density at radius 1 is 1.13 bits per heavy atom. The summed E-state index contributed by atoms with van der Waals surface area (Å²) < 4.78 is 38.8. The first kappa shape index (κ1) is 17.1. The highest BCUT2D eigenvalue weighted by Crippen LogP contribution is 2.18. The summed E-state index contributed by atoms with van der Waals surface area (Å²) in [6.07, 6.45) is 0. The first-order valence-electron chi connectivity index (χ1n) is 6.86. The largest absolute Gasteiger partial charge is 0.348 e. The van der Waals surface area contributed by atoms with Gasteiger partial charge in [-0.1, -0.05) is 24.3 Å². The van der Waals surface area contributed by atoms with E-state index in [0.29, 0.717) is 5.56 Å². The summed E-state index contributed by atoms with van der Waals surface area (Å²) in [6.45, 7) is 0.0264. The number of nitrogens with one attached hydrogen (secondary N) is 1. The molecule has 2 aromatic rings. The molecule has 0 unspecified atom stereocenters. The van der Waals surface area contributed by atoms with Crippen molar-refractivity contribution in [2.75, 3.05) is 14.1 Å². The van der Waals surface area contributed by atoms with Crippen LogP contribution in [0.5, 0.6) is 0 Å². The van der Waals surface area contributed by atoms with Crippen molar-refractivity contribution in [1.82, 2.24) is 9.62 Å². The van der Waals surface area contributed by atoms with E-state index >= 15 is 0 Å². The predicted octanol–water partition coefficient (Wildman–Crippen LogP) is 2.01. The summed E-state index contributed by atoms with van der Waals surface area (Å²) in [6, 6.07) is 11.7. The van der Waals surface area contributed by atoms with Crippen LogP contribution in [-0.2, 0) is 16.6 Å². The third-order valence-corrected chi connectivity index (χ3v) is 5.17. The second-order valence-electron chi connectivity index (χ2n) is 5.09. The number of sulfonamides is 1. The van der Waals surface area contributed by atoms with E-state index in [1.165, 1.54) is 38.4 Å². The number of rotatable bonds is 5. The predicted molar refractivity (Wildman–Crippen MR) is 84.9 cm³/mol. The molecule has 0 saturated heterocycles. The molecule has 0 saturated carbocycles. The lowest BCUT2D eigenvalue weighted by atomic mass is 10.2. The van der Waals surface area contributed by atoms with E-state index in [0.717, 1.165) is 10.4 Å². The smallest absolute Gasteiger partial charge is 0.251 e. The van der Waals surface area contributed by atoms with Crippen molar-refractivity contribution < 1.29 is 17.6 Å². The zero-order chi connectivity index (χ0) is 17.0. The first-order valence-corrected chi connectivity index (χ1v) is 8.30. The minimum atomic E-state index is -3.60. The molecule has 23 heavy (non-hydrogen) atoms. The minimum Gasteiger partial charge on any atom is -0.348 e. The van der Waals surface area contributed by atoms with Crippen LogP contribution in [0.4, 0.5) is 4.39 Å². The molecule has 0 heterocycles. The average Bonchev–Trinajstić information content (AvgIpc) is 2.52. The Balaban J connectivity index is 2.20. The number of carbonyl (C=O) groups is 1. The van der Waals surface area contributed by atoms with Gasteiger partial charge in [0.2, 0.25) is 10.0 Å². The topological polar surface area (TPSA) is 66.5 Å². The van der Waals surface area contributed by atoms with Crippen LogP contribution in [0.25, 0.3) is 0 Å². The van der Waals surface area contributed by atoms with Crippen molar-refractivity contribution in [2.24, 2.45) is 0 Å². The Bertz CT molecular complexity index is 820. The van der Waals surface area contributed by atoms with E-state index in [9.17, 15) is 17.6 Å². The molecular formula is C16H17FN2O3S. The summed E-state index contributed by atoms with van der Waals surface area (Å²) in [5, 5.41) is 2.61. The van der Waals surface area contributed by atoms with Crippen LogP contribution in [0.3, 0.4) is 0 Å². The summed E-state index contributed by atoms with van der Waals surface area (Å²) in [5.41, 5.74) is 0.643. The molecule has 0 atom stereocenters. The maximum Gasteiger partial charge on any atom is 0.251 e. The molecule has 7 heteroatoms. The third-order valence-electron chi connectivity index (χ3n) is 3.26. The van der Waals surface area contributed by atoms with Gasteiger partial charge in [-0.3, -0.25) is 4.79 Å². The fraction of sp³-hybridized carbons (Fsp3) is 0.188. The quantitative estimate of drug-likeness (QED) is 0.908. The first-order chi connectivity index (χ1) is 10.8. The van der Waals surface area contributed by atoms with Crippen molar-refractivity contribution in [1.29, 1.82) is 0 Å². The standard InChI is InChI=1S/C16H17FN2O3S/c1-19(2)23(21,22)15-9-4-3-6-13(15)11-18-16(20)12-7-5-8-14(17)10-12/h3-10H,11H2,1-2H3,(H,18,20). The van der Waals surface area contributed by atoms with Gasteiger partial charge in [0.1, 0.15) is 5.82 Å². The maximum absolute atomic E-state index is 13.1. The molecule has 2 rings (SSSR count). The lowest BCUT2D eigenvalue weighted by Crippen LogP contribution is -2.27. The highest BCUT2D eigenvalue weighted by molar-refractivity contribution is 7.89. The number of carbonyl (C=O) groups excluding carboxylic acids is 1. The summed E-state index contributed by atoms with van der Waals surface area (Å²) in [5.74, 6) is -0.977. The molecule has 0 aromatic heterocycles. The molecule has 1 N–H and O–H groups in total. The van der Waals surface area contributed by atoms with E-state index < -0.39 is 21.7 Å². The minimum absolute atomic E-state index is 0.0264. The molecule has 1 amide bonds. The van der Waals surface area contributed by atoms with E-state index in [-0.39, 0.29) is 17.0 Å². The number of nitrogens with zero attached hydrogens (tertiary/aromatic N) is 1. The highest BCUT2D eigenvalue weighted by atomic mass is 32.2. The van der Waals surface area contributed by atoms with Crippen LogP contribution < -0.4 is 5.32 Å². The molecule has 2 aromatic carbocycles. The number of hydrogen-bond donors (Lipinski definition) is 1. The van der Waals surface area contributed by atoms with Crippen molar-refractivity contribution in [2.45, 2.75) is 11.4 Å². The highest BCUT2D eigenvalue weighted by Gasteiger charge is 2.20. The van der Waals surface area contributed by atoms with Gasteiger partial charge >= 0.3 is 0 Å². The van der Waals surface area contributed by atoms with Gasteiger partial charge in [0.05, 0.1) is 4.90 Å². The van der Waals surface area contributed by atoms with Crippen molar-refractivity contribution in [3.8, 4) is 0 Å². The molecule has 0 aliphatic rings. The molecule has 0 aliphatic heterocycles. The van der Waals surface area contributed by atoms with Crippen molar-refractivity contribution >= 4 is 15.9 Å². The second kappa shape index (κ2) is 6.89. The zero-order valence-corrected chi connectivity index (χ0v) is 13.6. The van der Waals surface area contributed by atoms with E-state index in [1.807, 2.05) is 0 Å². The molecule has 0 fully saturated rings. The van der Waals surface area contributed by atoms with Gasteiger partial charge in [0.25, 0.3) is 5.91 Å². The van der Waals surface area contributed by atoms with E-state index in [2.05, 4.69) is 5.32 Å². The van der Waals surface area contributed by atoms with Gasteiger partial charge in [0.15, 0.2) is 0 Å². The normalized spacial score (nSPS) is 11.5. The van der Waals surface area contributed by atoms with E-state index in [1.54, 1.807) is 18.2 Å². The maximum atomic E-state index is 13.1. The Kier molecular flexibility index (Phi) is 5.12. The van der Waals surface area contributed by atoms with Gasteiger partial charge < -0.3 is 5.32 Å². The summed E-state index contributed by atoms with van der Waals surface area (Å²) in [4.78, 5) is 12.2. The molecular weight excluding hydrogens is 319 g/mol. The Morgan fingerprint density at radius 2 is 1.83 bits per heavy atom.